The molecule has 0 saturated heterocycles. The van der Waals surface area contributed by atoms with Gasteiger partial charge in [0.2, 0.25) is 0 Å². The standard InChI is InChI=1S/C15H15ClN4/c1-19(2)11-5-3-6-12(9-11)20-14(10-16)18-13-7-4-8-17-15(13)20/h3-9H,10H2,1-2H3. The molecule has 0 fully saturated rings. The minimum Gasteiger partial charge on any atom is -0.378 e. The van der Waals surface area contributed by atoms with Crippen molar-refractivity contribution in [3.05, 3.63) is 48.4 Å². The Morgan fingerprint density at radius 1 is 1.20 bits per heavy atom. The summed E-state index contributed by atoms with van der Waals surface area (Å²) in [6.45, 7) is 0. The first-order valence-electron chi connectivity index (χ1n) is 6.37. The molecule has 0 atom stereocenters. The fraction of sp³-hybridized carbons (Fsp3) is 0.200. The molecular weight excluding hydrogens is 272 g/mol. The first kappa shape index (κ1) is 12.9. The van der Waals surface area contributed by atoms with Gasteiger partial charge < -0.3 is 4.90 Å². The summed E-state index contributed by atoms with van der Waals surface area (Å²) in [7, 11) is 4.04. The second-order valence-corrected chi connectivity index (χ2v) is 5.02. The number of alkyl halides is 1. The number of nitrogens with zero attached hydrogens (tertiary/aromatic N) is 4. The van der Waals surface area contributed by atoms with Crippen molar-refractivity contribution in [2.75, 3.05) is 19.0 Å². The lowest BCUT2D eigenvalue weighted by Crippen LogP contribution is -2.09. The number of benzene rings is 1. The van der Waals surface area contributed by atoms with Crippen molar-refractivity contribution in [1.29, 1.82) is 0 Å². The fourth-order valence-corrected chi connectivity index (χ4v) is 2.41. The second-order valence-electron chi connectivity index (χ2n) is 4.76. The molecule has 0 N–H and O–H groups in total. The molecule has 0 aliphatic carbocycles. The molecule has 1 aromatic carbocycles. The first-order valence-corrected chi connectivity index (χ1v) is 6.90. The van der Waals surface area contributed by atoms with Gasteiger partial charge in [0.05, 0.1) is 11.6 Å². The van der Waals surface area contributed by atoms with Gasteiger partial charge in [0.25, 0.3) is 0 Å². The van der Waals surface area contributed by atoms with Gasteiger partial charge in [-0.2, -0.15) is 0 Å². The number of fused-ring (bicyclic) bond motifs is 1. The van der Waals surface area contributed by atoms with Crippen molar-refractivity contribution in [1.82, 2.24) is 14.5 Å². The molecule has 0 amide bonds. The van der Waals surface area contributed by atoms with Crippen LogP contribution >= 0.6 is 11.6 Å². The minimum atomic E-state index is 0.350. The number of pyridine rings is 1. The Hall–Kier alpha value is -2.07. The molecule has 0 spiro atoms. The molecule has 20 heavy (non-hydrogen) atoms. The van der Waals surface area contributed by atoms with Crippen molar-refractivity contribution < 1.29 is 0 Å². The van der Waals surface area contributed by atoms with Gasteiger partial charge in [-0.1, -0.05) is 6.07 Å². The summed E-state index contributed by atoms with van der Waals surface area (Å²) in [5.74, 6) is 1.15. The van der Waals surface area contributed by atoms with Gasteiger partial charge in [-0.05, 0) is 30.3 Å². The summed E-state index contributed by atoms with van der Waals surface area (Å²) in [6.07, 6.45) is 1.77. The Bertz CT molecular complexity index is 748. The summed E-state index contributed by atoms with van der Waals surface area (Å²) in [6, 6.07) is 12.1. The lowest BCUT2D eigenvalue weighted by molar-refractivity contribution is 0.967. The Labute approximate surface area is 122 Å². The van der Waals surface area contributed by atoms with Crippen LogP contribution in [0.2, 0.25) is 0 Å². The number of rotatable bonds is 3. The Balaban J connectivity index is 2.25. The van der Waals surface area contributed by atoms with E-state index in [1.807, 2.05) is 42.9 Å². The molecule has 0 aliphatic rings. The predicted molar refractivity (Wildman–Crippen MR) is 82.7 cm³/mol. The van der Waals surface area contributed by atoms with E-state index in [0.29, 0.717) is 5.88 Å². The van der Waals surface area contributed by atoms with E-state index in [-0.39, 0.29) is 0 Å². The van der Waals surface area contributed by atoms with Gasteiger partial charge in [-0.25, -0.2) is 9.97 Å². The number of imidazole rings is 1. The van der Waals surface area contributed by atoms with Gasteiger partial charge in [0.1, 0.15) is 11.3 Å². The van der Waals surface area contributed by atoms with E-state index in [0.717, 1.165) is 28.4 Å². The van der Waals surface area contributed by atoms with Crippen LogP contribution in [-0.2, 0) is 5.88 Å². The number of halogens is 1. The predicted octanol–water partition coefficient (Wildman–Crippen LogP) is 3.23. The minimum absolute atomic E-state index is 0.350. The smallest absolute Gasteiger partial charge is 0.164 e. The quantitative estimate of drug-likeness (QED) is 0.693. The van der Waals surface area contributed by atoms with E-state index < -0.39 is 0 Å². The zero-order valence-electron chi connectivity index (χ0n) is 11.4. The molecular formula is C15H15ClN4. The van der Waals surface area contributed by atoms with Crippen LogP contribution in [0.3, 0.4) is 0 Å². The second kappa shape index (κ2) is 5.13. The van der Waals surface area contributed by atoms with E-state index in [9.17, 15) is 0 Å². The highest BCUT2D eigenvalue weighted by atomic mass is 35.5. The molecule has 102 valence electrons. The third-order valence-electron chi connectivity index (χ3n) is 3.21. The SMILES string of the molecule is CN(C)c1cccc(-n2c(CCl)nc3cccnc32)c1. The molecule has 0 bridgehead atoms. The first-order chi connectivity index (χ1) is 9.70. The lowest BCUT2D eigenvalue weighted by atomic mass is 10.2. The highest BCUT2D eigenvalue weighted by Crippen LogP contribution is 2.23. The third kappa shape index (κ3) is 2.12. The maximum atomic E-state index is 6.03. The molecule has 0 radical (unpaired) electrons. The van der Waals surface area contributed by atoms with Crippen LogP contribution in [-0.4, -0.2) is 28.6 Å². The zero-order valence-corrected chi connectivity index (χ0v) is 12.2. The van der Waals surface area contributed by atoms with E-state index >= 15 is 0 Å². The number of hydrogen-bond acceptors (Lipinski definition) is 3. The van der Waals surface area contributed by atoms with E-state index in [1.54, 1.807) is 6.20 Å². The summed E-state index contributed by atoms with van der Waals surface area (Å²) in [5, 5.41) is 0. The van der Waals surface area contributed by atoms with E-state index in [2.05, 4.69) is 27.0 Å². The molecule has 4 nitrogen and oxygen atoms in total. The summed E-state index contributed by atoms with van der Waals surface area (Å²) in [4.78, 5) is 11.0. The van der Waals surface area contributed by atoms with Gasteiger partial charge in [-0.15, -0.1) is 11.6 Å². The normalized spacial score (nSPS) is 10.9. The highest BCUT2D eigenvalue weighted by Gasteiger charge is 2.12. The van der Waals surface area contributed by atoms with Crippen LogP contribution in [0.15, 0.2) is 42.6 Å². The molecule has 3 rings (SSSR count). The third-order valence-corrected chi connectivity index (χ3v) is 3.45. The van der Waals surface area contributed by atoms with E-state index in [1.165, 1.54) is 0 Å². The van der Waals surface area contributed by atoms with Crippen molar-refractivity contribution in [3.8, 4) is 5.69 Å². The van der Waals surface area contributed by atoms with Crippen LogP contribution in [0.1, 0.15) is 5.82 Å². The summed E-state index contributed by atoms with van der Waals surface area (Å²) >= 11 is 6.03. The van der Waals surface area contributed by atoms with Gasteiger partial charge in [0, 0.05) is 26.0 Å². The van der Waals surface area contributed by atoms with Crippen LogP contribution in [0.25, 0.3) is 16.9 Å². The lowest BCUT2D eigenvalue weighted by Gasteiger charge is -2.14. The van der Waals surface area contributed by atoms with Crippen LogP contribution < -0.4 is 4.90 Å². The average molecular weight is 287 g/mol. The Kier molecular flexibility index (Phi) is 3.32. The number of aromatic nitrogens is 3. The highest BCUT2D eigenvalue weighted by molar-refractivity contribution is 6.16. The molecule has 3 aromatic rings. The molecule has 5 heteroatoms. The van der Waals surface area contributed by atoms with Crippen LogP contribution in [0.5, 0.6) is 0 Å². The van der Waals surface area contributed by atoms with Gasteiger partial charge in [-0.3, -0.25) is 4.57 Å². The Morgan fingerprint density at radius 3 is 2.80 bits per heavy atom. The van der Waals surface area contributed by atoms with Crippen molar-refractivity contribution in [3.63, 3.8) is 0 Å². The molecule has 0 saturated carbocycles. The van der Waals surface area contributed by atoms with Crippen molar-refractivity contribution in [2.45, 2.75) is 5.88 Å². The molecule has 0 aliphatic heterocycles. The van der Waals surface area contributed by atoms with Crippen LogP contribution in [0.4, 0.5) is 5.69 Å². The molecule has 0 unspecified atom stereocenters. The average Bonchev–Trinajstić information content (AvgIpc) is 2.85. The number of anilines is 1. The topological polar surface area (TPSA) is 34.0 Å². The molecule has 2 aromatic heterocycles. The summed E-state index contributed by atoms with van der Waals surface area (Å²) < 4.78 is 2.01. The molecule has 2 heterocycles. The van der Waals surface area contributed by atoms with Gasteiger partial charge in [0.15, 0.2) is 5.65 Å². The van der Waals surface area contributed by atoms with Crippen molar-refractivity contribution >= 4 is 28.5 Å². The van der Waals surface area contributed by atoms with Crippen molar-refractivity contribution in [2.24, 2.45) is 0 Å². The Morgan fingerprint density at radius 2 is 2.05 bits per heavy atom. The summed E-state index contributed by atoms with van der Waals surface area (Å²) in [5.41, 5.74) is 3.84. The largest absolute Gasteiger partial charge is 0.378 e. The number of hydrogen-bond donors (Lipinski definition) is 0. The zero-order chi connectivity index (χ0) is 14.1. The van der Waals surface area contributed by atoms with Crippen LogP contribution in [0, 0.1) is 0 Å². The van der Waals surface area contributed by atoms with E-state index in [4.69, 9.17) is 11.6 Å². The maximum absolute atomic E-state index is 6.03. The fourth-order valence-electron chi connectivity index (χ4n) is 2.23. The monoisotopic (exact) mass is 286 g/mol. The van der Waals surface area contributed by atoms with Gasteiger partial charge >= 0.3 is 0 Å². The maximum Gasteiger partial charge on any atom is 0.164 e.